The van der Waals surface area contributed by atoms with Crippen LogP contribution in [0, 0.1) is 0 Å². The van der Waals surface area contributed by atoms with Crippen molar-refractivity contribution in [2.75, 3.05) is 0 Å². The summed E-state index contributed by atoms with van der Waals surface area (Å²) in [5.74, 6) is 0.211. The Morgan fingerprint density at radius 2 is 1.42 bits per heavy atom. The molecule has 0 aromatic heterocycles. The zero-order valence-corrected chi connectivity index (χ0v) is 13.4. The largest absolute Gasteiger partial charge is 0.507 e. The van der Waals surface area contributed by atoms with Crippen molar-refractivity contribution < 1.29 is 5.11 Å². The number of hydrogen-bond donors (Lipinski definition) is 1. The van der Waals surface area contributed by atoms with E-state index in [0.29, 0.717) is 5.56 Å². The standard InChI is InChI=1S/C21H18N2O/c1-16(17-9-3-2-4-10-17)23-20-13-7-6-12-19(20)22-15-18-11-5-8-14-21(18)24/h2-15,24H,1H3. The molecule has 0 fully saturated rings. The molecule has 3 aromatic rings. The molecule has 3 heteroatoms. The first kappa shape index (κ1) is 15.7. The minimum atomic E-state index is 0.211. The maximum absolute atomic E-state index is 9.83. The molecule has 0 radical (unpaired) electrons. The molecule has 3 rings (SSSR count). The third-order valence-corrected chi connectivity index (χ3v) is 3.64. The highest BCUT2D eigenvalue weighted by Gasteiger charge is 2.02. The fourth-order valence-corrected chi connectivity index (χ4v) is 2.33. The van der Waals surface area contributed by atoms with Gasteiger partial charge in [0.1, 0.15) is 5.75 Å². The molecule has 0 bridgehead atoms. The Hall–Kier alpha value is -3.20. The van der Waals surface area contributed by atoms with Crippen LogP contribution in [-0.2, 0) is 0 Å². The van der Waals surface area contributed by atoms with E-state index in [4.69, 9.17) is 4.99 Å². The fourth-order valence-electron chi connectivity index (χ4n) is 2.33. The van der Waals surface area contributed by atoms with Crippen LogP contribution in [-0.4, -0.2) is 17.0 Å². The Kier molecular flexibility index (Phi) is 4.82. The summed E-state index contributed by atoms with van der Waals surface area (Å²) in [4.78, 5) is 9.20. The predicted octanol–water partition coefficient (Wildman–Crippen LogP) is 5.28. The molecule has 3 aromatic carbocycles. The third kappa shape index (κ3) is 3.76. The van der Waals surface area contributed by atoms with E-state index in [-0.39, 0.29) is 5.75 Å². The normalized spacial score (nSPS) is 11.8. The maximum Gasteiger partial charge on any atom is 0.124 e. The number of benzene rings is 3. The molecule has 118 valence electrons. The summed E-state index contributed by atoms with van der Waals surface area (Å²) in [5.41, 5.74) is 4.25. The lowest BCUT2D eigenvalue weighted by molar-refractivity contribution is 0.474. The van der Waals surface area contributed by atoms with Crippen molar-refractivity contribution in [2.45, 2.75) is 6.92 Å². The molecule has 0 aliphatic rings. The van der Waals surface area contributed by atoms with E-state index in [1.807, 2.05) is 73.7 Å². The van der Waals surface area contributed by atoms with Crippen molar-refractivity contribution in [1.29, 1.82) is 0 Å². The highest BCUT2D eigenvalue weighted by atomic mass is 16.3. The van der Waals surface area contributed by atoms with Crippen molar-refractivity contribution in [3.63, 3.8) is 0 Å². The lowest BCUT2D eigenvalue weighted by Crippen LogP contribution is -1.92. The van der Waals surface area contributed by atoms with Gasteiger partial charge in [0.05, 0.1) is 11.4 Å². The van der Waals surface area contributed by atoms with E-state index in [1.165, 1.54) is 0 Å². The van der Waals surface area contributed by atoms with Gasteiger partial charge in [-0.1, -0.05) is 54.6 Å². The molecule has 0 saturated carbocycles. The lowest BCUT2D eigenvalue weighted by atomic mass is 10.1. The van der Waals surface area contributed by atoms with Gasteiger partial charge in [-0.3, -0.25) is 9.98 Å². The molecule has 0 saturated heterocycles. The van der Waals surface area contributed by atoms with Crippen molar-refractivity contribution in [2.24, 2.45) is 9.98 Å². The van der Waals surface area contributed by atoms with Gasteiger partial charge in [-0.05, 0) is 36.8 Å². The third-order valence-electron chi connectivity index (χ3n) is 3.64. The Bertz CT molecular complexity index is 883. The summed E-state index contributed by atoms with van der Waals surface area (Å²) >= 11 is 0. The Balaban J connectivity index is 1.93. The number of para-hydroxylation sites is 3. The van der Waals surface area contributed by atoms with Gasteiger partial charge in [0.25, 0.3) is 0 Å². The van der Waals surface area contributed by atoms with Crippen LogP contribution >= 0.6 is 0 Å². The average Bonchev–Trinajstić information content (AvgIpc) is 2.63. The Morgan fingerprint density at radius 1 is 0.792 bits per heavy atom. The monoisotopic (exact) mass is 314 g/mol. The van der Waals surface area contributed by atoms with E-state index in [0.717, 1.165) is 22.6 Å². The van der Waals surface area contributed by atoms with Crippen molar-refractivity contribution in [1.82, 2.24) is 0 Å². The zero-order valence-electron chi connectivity index (χ0n) is 13.4. The number of aromatic hydroxyl groups is 1. The molecule has 0 unspecified atom stereocenters. The molecule has 1 N–H and O–H groups in total. The first-order valence-corrected chi connectivity index (χ1v) is 7.76. The van der Waals surface area contributed by atoms with Crippen LogP contribution < -0.4 is 0 Å². The van der Waals surface area contributed by atoms with Gasteiger partial charge in [-0.15, -0.1) is 0 Å². The molecule has 0 heterocycles. The number of nitrogens with zero attached hydrogens (tertiary/aromatic N) is 2. The molecule has 0 aliphatic carbocycles. The predicted molar refractivity (Wildman–Crippen MR) is 100 cm³/mol. The molecule has 0 atom stereocenters. The van der Waals surface area contributed by atoms with Gasteiger partial charge in [-0.2, -0.15) is 0 Å². The van der Waals surface area contributed by atoms with Crippen LogP contribution in [0.2, 0.25) is 0 Å². The maximum atomic E-state index is 9.83. The van der Waals surface area contributed by atoms with Crippen LogP contribution in [0.15, 0.2) is 88.8 Å². The van der Waals surface area contributed by atoms with Crippen molar-refractivity contribution in [3.05, 3.63) is 90.0 Å². The number of hydrogen-bond acceptors (Lipinski definition) is 3. The SMILES string of the molecule is CC(=Nc1ccccc1N=Cc1ccccc1O)c1ccccc1. The first-order chi connectivity index (χ1) is 11.7. The van der Waals surface area contributed by atoms with Crippen molar-refractivity contribution >= 4 is 23.3 Å². The van der Waals surface area contributed by atoms with Gasteiger partial charge in [-0.25, -0.2) is 0 Å². The van der Waals surface area contributed by atoms with Gasteiger partial charge in [0, 0.05) is 17.5 Å². The minimum absolute atomic E-state index is 0.211. The van der Waals surface area contributed by atoms with E-state index in [2.05, 4.69) is 4.99 Å². The number of aliphatic imine (C=N–C) groups is 2. The highest BCUT2D eigenvalue weighted by molar-refractivity contribution is 6.01. The van der Waals surface area contributed by atoms with Crippen LogP contribution in [0.1, 0.15) is 18.1 Å². The molecular formula is C21H18N2O. The molecule has 0 aliphatic heterocycles. The molecule has 24 heavy (non-hydrogen) atoms. The number of phenols is 1. The number of phenolic OH excluding ortho intramolecular Hbond substituents is 1. The van der Waals surface area contributed by atoms with Gasteiger partial charge in [0.2, 0.25) is 0 Å². The molecular weight excluding hydrogens is 296 g/mol. The van der Waals surface area contributed by atoms with E-state index < -0.39 is 0 Å². The van der Waals surface area contributed by atoms with Crippen molar-refractivity contribution in [3.8, 4) is 5.75 Å². The van der Waals surface area contributed by atoms with Crippen LogP contribution in [0.4, 0.5) is 11.4 Å². The van der Waals surface area contributed by atoms with E-state index >= 15 is 0 Å². The van der Waals surface area contributed by atoms with Crippen LogP contribution in [0.3, 0.4) is 0 Å². The Labute approximate surface area is 141 Å². The average molecular weight is 314 g/mol. The van der Waals surface area contributed by atoms with E-state index in [1.54, 1.807) is 18.3 Å². The smallest absolute Gasteiger partial charge is 0.124 e. The molecule has 0 spiro atoms. The van der Waals surface area contributed by atoms with Crippen LogP contribution in [0.5, 0.6) is 5.75 Å². The van der Waals surface area contributed by atoms with Gasteiger partial charge in [0.15, 0.2) is 0 Å². The topological polar surface area (TPSA) is 45.0 Å². The minimum Gasteiger partial charge on any atom is -0.507 e. The zero-order chi connectivity index (χ0) is 16.8. The fraction of sp³-hybridized carbons (Fsp3) is 0.0476. The quantitative estimate of drug-likeness (QED) is 0.654. The summed E-state index contributed by atoms with van der Waals surface area (Å²) < 4.78 is 0. The second kappa shape index (κ2) is 7.38. The second-order valence-corrected chi connectivity index (χ2v) is 5.37. The van der Waals surface area contributed by atoms with Gasteiger partial charge < -0.3 is 5.11 Å². The van der Waals surface area contributed by atoms with E-state index in [9.17, 15) is 5.11 Å². The second-order valence-electron chi connectivity index (χ2n) is 5.37. The highest BCUT2D eigenvalue weighted by Crippen LogP contribution is 2.28. The Morgan fingerprint density at radius 3 is 2.17 bits per heavy atom. The lowest BCUT2D eigenvalue weighted by Gasteiger charge is -2.04. The summed E-state index contributed by atoms with van der Waals surface area (Å²) in [5, 5.41) is 9.83. The number of rotatable bonds is 4. The summed E-state index contributed by atoms with van der Waals surface area (Å²) in [6, 6.07) is 24.9. The summed E-state index contributed by atoms with van der Waals surface area (Å²) in [7, 11) is 0. The summed E-state index contributed by atoms with van der Waals surface area (Å²) in [6.07, 6.45) is 1.65. The van der Waals surface area contributed by atoms with Crippen LogP contribution in [0.25, 0.3) is 0 Å². The summed E-state index contributed by atoms with van der Waals surface area (Å²) in [6.45, 7) is 1.98. The molecule has 0 amide bonds. The molecule has 3 nitrogen and oxygen atoms in total. The van der Waals surface area contributed by atoms with Gasteiger partial charge >= 0.3 is 0 Å². The first-order valence-electron chi connectivity index (χ1n) is 7.76.